The van der Waals surface area contributed by atoms with Gasteiger partial charge in [0.25, 0.3) is 0 Å². The van der Waals surface area contributed by atoms with Crippen molar-refractivity contribution >= 4 is 0 Å². The molecule has 0 aliphatic carbocycles. The summed E-state index contributed by atoms with van der Waals surface area (Å²) in [7, 11) is 1.79. The summed E-state index contributed by atoms with van der Waals surface area (Å²) in [5.74, 6) is 1.91. The van der Waals surface area contributed by atoms with Crippen LogP contribution in [0.4, 0.5) is 0 Å². The second kappa shape index (κ2) is 6.73. The summed E-state index contributed by atoms with van der Waals surface area (Å²) in [6, 6.07) is 10.8. The summed E-state index contributed by atoms with van der Waals surface area (Å²) in [4.78, 5) is 0. The van der Waals surface area contributed by atoms with Crippen molar-refractivity contribution in [3.63, 3.8) is 0 Å². The first-order valence-corrected chi connectivity index (χ1v) is 7.75. The highest BCUT2D eigenvalue weighted by atomic mass is 16.5. The molecule has 0 radical (unpaired) electrons. The Kier molecular flexibility index (Phi) is 5.22. The zero-order valence-electron chi connectivity index (χ0n) is 13.4. The van der Waals surface area contributed by atoms with E-state index in [1.807, 2.05) is 0 Å². The zero-order chi connectivity index (χ0) is 14.7. The van der Waals surface area contributed by atoms with Gasteiger partial charge >= 0.3 is 0 Å². The van der Waals surface area contributed by atoms with Gasteiger partial charge in [0.15, 0.2) is 0 Å². The normalized spacial score (nSPS) is 30.4. The van der Waals surface area contributed by atoms with Crippen LogP contribution in [0.1, 0.15) is 39.2 Å². The third-order valence-electron chi connectivity index (χ3n) is 4.41. The van der Waals surface area contributed by atoms with Gasteiger partial charge in [0, 0.05) is 18.9 Å². The molecular weight excluding hydrogens is 248 g/mol. The molecule has 2 nitrogen and oxygen atoms in total. The van der Waals surface area contributed by atoms with Crippen molar-refractivity contribution in [3.8, 4) is 0 Å². The summed E-state index contributed by atoms with van der Waals surface area (Å²) in [6.07, 6.45) is 0.567. The van der Waals surface area contributed by atoms with Gasteiger partial charge in [-0.2, -0.15) is 0 Å². The van der Waals surface area contributed by atoms with Gasteiger partial charge in [-0.15, -0.1) is 0 Å². The van der Waals surface area contributed by atoms with E-state index in [1.54, 1.807) is 7.11 Å². The summed E-state index contributed by atoms with van der Waals surface area (Å²) >= 11 is 0. The van der Waals surface area contributed by atoms with E-state index in [4.69, 9.17) is 9.47 Å². The number of methoxy groups -OCH3 is 1. The number of rotatable bonds is 5. The smallest absolute Gasteiger partial charge is 0.0675 e. The number of hydrogen-bond acceptors (Lipinski definition) is 2. The van der Waals surface area contributed by atoms with Gasteiger partial charge < -0.3 is 9.47 Å². The molecule has 20 heavy (non-hydrogen) atoms. The summed E-state index contributed by atoms with van der Waals surface area (Å²) in [6.45, 7) is 9.78. The highest BCUT2D eigenvalue weighted by Gasteiger charge is 2.46. The SMILES string of the molecule is COC[C@@H]1[C@@H](c2ccccc2)[C@H](C(C)C)O[C@H]1C(C)C. The lowest BCUT2D eigenvalue weighted by Gasteiger charge is -2.26. The monoisotopic (exact) mass is 276 g/mol. The molecule has 112 valence electrons. The molecule has 0 saturated carbocycles. The summed E-state index contributed by atoms with van der Waals surface area (Å²) in [5, 5.41) is 0. The number of hydrogen-bond donors (Lipinski definition) is 0. The van der Waals surface area contributed by atoms with Crippen LogP contribution < -0.4 is 0 Å². The third-order valence-corrected chi connectivity index (χ3v) is 4.41. The van der Waals surface area contributed by atoms with Crippen LogP contribution in [-0.2, 0) is 9.47 Å². The van der Waals surface area contributed by atoms with Crippen molar-refractivity contribution in [2.75, 3.05) is 13.7 Å². The molecule has 1 aliphatic heterocycles. The predicted octanol–water partition coefficient (Wildman–Crippen LogP) is 4.11. The average Bonchev–Trinajstić information content (AvgIpc) is 2.80. The van der Waals surface area contributed by atoms with E-state index in [-0.39, 0.29) is 12.2 Å². The molecule has 1 aromatic rings. The fourth-order valence-corrected chi connectivity index (χ4v) is 3.54. The maximum Gasteiger partial charge on any atom is 0.0675 e. The third kappa shape index (κ3) is 3.07. The van der Waals surface area contributed by atoms with E-state index in [0.29, 0.717) is 23.7 Å². The maximum atomic E-state index is 6.44. The van der Waals surface area contributed by atoms with E-state index in [9.17, 15) is 0 Å². The molecule has 1 aliphatic rings. The van der Waals surface area contributed by atoms with Crippen LogP contribution in [0.2, 0.25) is 0 Å². The topological polar surface area (TPSA) is 18.5 Å². The lowest BCUT2D eigenvalue weighted by atomic mass is 9.77. The Bertz CT molecular complexity index is 399. The van der Waals surface area contributed by atoms with Crippen LogP contribution >= 0.6 is 0 Å². The molecule has 1 heterocycles. The lowest BCUT2D eigenvalue weighted by Crippen LogP contribution is -2.28. The Hall–Kier alpha value is -0.860. The molecule has 0 aromatic heterocycles. The van der Waals surface area contributed by atoms with E-state index in [0.717, 1.165) is 6.61 Å². The zero-order valence-corrected chi connectivity index (χ0v) is 13.4. The van der Waals surface area contributed by atoms with Gasteiger partial charge in [-0.1, -0.05) is 58.0 Å². The Labute approximate surface area is 123 Å². The van der Waals surface area contributed by atoms with Crippen molar-refractivity contribution in [2.45, 2.75) is 45.8 Å². The van der Waals surface area contributed by atoms with Crippen molar-refractivity contribution in [3.05, 3.63) is 35.9 Å². The molecule has 1 aromatic carbocycles. The van der Waals surface area contributed by atoms with Gasteiger partial charge in [-0.05, 0) is 17.4 Å². The van der Waals surface area contributed by atoms with Crippen molar-refractivity contribution in [1.29, 1.82) is 0 Å². The first-order chi connectivity index (χ1) is 9.56. The van der Waals surface area contributed by atoms with Gasteiger partial charge in [0.2, 0.25) is 0 Å². The molecule has 0 amide bonds. The predicted molar refractivity (Wildman–Crippen MR) is 82.9 cm³/mol. The van der Waals surface area contributed by atoms with Crippen LogP contribution in [0.15, 0.2) is 30.3 Å². The second-order valence-corrected chi connectivity index (χ2v) is 6.61. The van der Waals surface area contributed by atoms with Gasteiger partial charge in [0.05, 0.1) is 18.8 Å². The molecule has 0 unspecified atom stereocenters. The number of ether oxygens (including phenoxy) is 2. The molecule has 4 atom stereocenters. The fourth-order valence-electron chi connectivity index (χ4n) is 3.54. The molecule has 0 bridgehead atoms. The average molecular weight is 276 g/mol. The van der Waals surface area contributed by atoms with Crippen LogP contribution in [0.3, 0.4) is 0 Å². The Morgan fingerprint density at radius 3 is 2.10 bits per heavy atom. The van der Waals surface area contributed by atoms with Crippen molar-refractivity contribution < 1.29 is 9.47 Å². The van der Waals surface area contributed by atoms with Crippen molar-refractivity contribution in [1.82, 2.24) is 0 Å². The van der Waals surface area contributed by atoms with Crippen LogP contribution in [0.5, 0.6) is 0 Å². The van der Waals surface area contributed by atoms with Crippen LogP contribution in [-0.4, -0.2) is 25.9 Å². The Morgan fingerprint density at radius 2 is 1.60 bits per heavy atom. The van der Waals surface area contributed by atoms with E-state index >= 15 is 0 Å². The second-order valence-electron chi connectivity index (χ2n) is 6.61. The molecule has 2 rings (SSSR count). The Morgan fingerprint density at radius 1 is 1.00 bits per heavy atom. The van der Waals surface area contributed by atoms with Crippen molar-refractivity contribution in [2.24, 2.45) is 17.8 Å². The van der Waals surface area contributed by atoms with Gasteiger partial charge in [-0.3, -0.25) is 0 Å². The lowest BCUT2D eigenvalue weighted by molar-refractivity contribution is -0.0211. The van der Waals surface area contributed by atoms with E-state index in [1.165, 1.54) is 5.56 Å². The molecule has 1 saturated heterocycles. The standard InChI is InChI=1S/C18H28O2/c1-12(2)17-15(11-19-5)16(18(20-17)13(3)4)14-9-7-6-8-10-14/h6-10,12-13,15-18H,11H2,1-5H3/t15-,16-,17+,18+/m1/s1. The van der Waals surface area contributed by atoms with Crippen LogP contribution in [0, 0.1) is 17.8 Å². The molecule has 2 heteroatoms. The van der Waals surface area contributed by atoms with Gasteiger partial charge in [-0.25, -0.2) is 0 Å². The largest absolute Gasteiger partial charge is 0.384 e. The van der Waals surface area contributed by atoms with E-state index < -0.39 is 0 Å². The summed E-state index contributed by atoms with van der Waals surface area (Å²) in [5.41, 5.74) is 1.39. The molecule has 1 fully saturated rings. The minimum absolute atomic E-state index is 0.282. The first kappa shape index (κ1) is 15.5. The molecular formula is C18H28O2. The Balaban J connectivity index is 2.35. The van der Waals surface area contributed by atoms with Crippen LogP contribution in [0.25, 0.3) is 0 Å². The quantitative estimate of drug-likeness (QED) is 0.805. The minimum Gasteiger partial charge on any atom is -0.384 e. The highest BCUT2D eigenvalue weighted by Crippen LogP contribution is 2.45. The number of benzene rings is 1. The fraction of sp³-hybridized carbons (Fsp3) is 0.667. The van der Waals surface area contributed by atoms with E-state index in [2.05, 4.69) is 58.0 Å². The highest BCUT2D eigenvalue weighted by molar-refractivity contribution is 5.24. The summed E-state index contributed by atoms with van der Waals surface area (Å²) < 4.78 is 11.9. The molecule has 0 spiro atoms. The molecule has 0 N–H and O–H groups in total. The van der Waals surface area contributed by atoms with Gasteiger partial charge in [0.1, 0.15) is 0 Å². The minimum atomic E-state index is 0.282. The maximum absolute atomic E-state index is 6.44. The first-order valence-electron chi connectivity index (χ1n) is 7.75.